The summed E-state index contributed by atoms with van der Waals surface area (Å²) in [5.74, 6) is 0. The Morgan fingerprint density at radius 1 is 1.00 bits per heavy atom. The fourth-order valence-electron chi connectivity index (χ4n) is 2.61. The van der Waals surface area contributed by atoms with E-state index in [2.05, 4.69) is 69.4 Å². The molecule has 1 nitrogen and oxygen atoms in total. The first-order valence-electron chi connectivity index (χ1n) is 6.41. The Labute approximate surface area is 117 Å². The first-order chi connectivity index (χ1) is 8.84. The van der Waals surface area contributed by atoms with Crippen molar-refractivity contribution in [1.82, 2.24) is 0 Å². The van der Waals surface area contributed by atoms with Gasteiger partial charge in [-0.2, -0.15) is 0 Å². The quantitative estimate of drug-likeness (QED) is 0.794. The highest BCUT2D eigenvalue weighted by atomic mass is 79.9. The molecule has 2 aromatic carbocycles. The lowest BCUT2D eigenvalue weighted by Gasteiger charge is -2.31. The summed E-state index contributed by atoms with van der Waals surface area (Å²) in [4.78, 5) is 2.49. The molecule has 2 heteroatoms. The Hall–Kier alpha value is -1.28. The van der Waals surface area contributed by atoms with Crippen LogP contribution in [-0.4, -0.2) is 6.54 Å². The van der Waals surface area contributed by atoms with Crippen LogP contribution in [0.3, 0.4) is 0 Å². The number of fused-ring (bicyclic) bond motifs is 1. The SMILES string of the molecule is Brc1ccccc1CN1CCCc2ccccc21. The molecule has 0 unspecified atom stereocenters. The molecule has 1 aliphatic heterocycles. The van der Waals surface area contributed by atoms with Crippen LogP contribution in [0.25, 0.3) is 0 Å². The van der Waals surface area contributed by atoms with E-state index < -0.39 is 0 Å². The first kappa shape index (κ1) is 11.8. The van der Waals surface area contributed by atoms with Crippen molar-refractivity contribution in [2.45, 2.75) is 19.4 Å². The maximum absolute atomic E-state index is 3.64. The van der Waals surface area contributed by atoms with E-state index in [1.165, 1.54) is 34.1 Å². The minimum atomic E-state index is 0.985. The van der Waals surface area contributed by atoms with E-state index in [1.807, 2.05) is 0 Å². The van der Waals surface area contributed by atoms with Crippen molar-refractivity contribution in [3.8, 4) is 0 Å². The van der Waals surface area contributed by atoms with E-state index >= 15 is 0 Å². The van der Waals surface area contributed by atoms with Crippen LogP contribution in [0, 0.1) is 0 Å². The predicted molar refractivity (Wildman–Crippen MR) is 80.0 cm³/mol. The third kappa shape index (κ3) is 2.30. The molecule has 0 bridgehead atoms. The van der Waals surface area contributed by atoms with Gasteiger partial charge in [0.05, 0.1) is 0 Å². The van der Waals surface area contributed by atoms with Crippen LogP contribution in [0.15, 0.2) is 53.0 Å². The highest BCUT2D eigenvalue weighted by Crippen LogP contribution is 2.29. The lowest BCUT2D eigenvalue weighted by molar-refractivity contribution is 0.690. The molecule has 2 aromatic rings. The molecule has 3 rings (SSSR count). The zero-order valence-electron chi connectivity index (χ0n) is 10.3. The number of halogens is 1. The van der Waals surface area contributed by atoms with E-state index in [-0.39, 0.29) is 0 Å². The minimum absolute atomic E-state index is 0.985. The largest absolute Gasteiger partial charge is 0.367 e. The molecule has 18 heavy (non-hydrogen) atoms. The van der Waals surface area contributed by atoms with E-state index in [9.17, 15) is 0 Å². The molecule has 0 amide bonds. The van der Waals surface area contributed by atoms with Crippen LogP contribution in [-0.2, 0) is 13.0 Å². The molecular weight excluding hydrogens is 286 g/mol. The fourth-order valence-corrected chi connectivity index (χ4v) is 3.02. The zero-order valence-corrected chi connectivity index (χ0v) is 11.9. The topological polar surface area (TPSA) is 3.24 Å². The van der Waals surface area contributed by atoms with Crippen molar-refractivity contribution in [1.29, 1.82) is 0 Å². The van der Waals surface area contributed by atoms with Gasteiger partial charge < -0.3 is 4.90 Å². The second-order valence-corrected chi connectivity index (χ2v) is 5.60. The summed E-state index contributed by atoms with van der Waals surface area (Å²) in [6.07, 6.45) is 2.46. The predicted octanol–water partition coefficient (Wildman–Crippen LogP) is 4.40. The van der Waals surface area contributed by atoms with Gasteiger partial charge >= 0.3 is 0 Å². The highest BCUT2D eigenvalue weighted by Gasteiger charge is 2.16. The standard InChI is InChI=1S/C16H16BrN/c17-15-9-3-1-7-14(15)12-18-11-5-8-13-6-2-4-10-16(13)18/h1-4,6-7,9-10H,5,8,11-12H2. The molecule has 0 radical (unpaired) electrons. The van der Waals surface area contributed by atoms with Gasteiger partial charge in [0, 0.05) is 23.2 Å². The Morgan fingerprint density at radius 3 is 2.67 bits per heavy atom. The van der Waals surface area contributed by atoms with Gasteiger partial charge in [-0.05, 0) is 36.1 Å². The van der Waals surface area contributed by atoms with E-state index in [0.29, 0.717) is 0 Å². The molecular formula is C16H16BrN. The van der Waals surface area contributed by atoms with Crippen LogP contribution in [0.5, 0.6) is 0 Å². The zero-order chi connectivity index (χ0) is 12.4. The van der Waals surface area contributed by atoms with Crippen molar-refractivity contribution in [2.24, 2.45) is 0 Å². The van der Waals surface area contributed by atoms with Crippen LogP contribution < -0.4 is 4.90 Å². The summed E-state index contributed by atoms with van der Waals surface area (Å²) in [6, 6.07) is 17.3. The number of hydrogen-bond acceptors (Lipinski definition) is 1. The lowest BCUT2D eigenvalue weighted by Crippen LogP contribution is -2.28. The molecule has 0 saturated heterocycles. The van der Waals surface area contributed by atoms with Crippen LogP contribution in [0.2, 0.25) is 0 Å². The van der Waals surface area contributed by atoms with Crippen LogP contribution >= 0.6 is 15.9 Å². The van der Waals surface area contributed by atoms with Gasteiger partial charge in [-0.15, -0.1) is 0 Å². The molecule has 1 aliphatic rings. The van der Waals surface area contributed by atoms with Crippen molar-refractivity contribution in [3.63, 3.8) is 0 Å². The van der Waals surface area contributed by atoms with E-state index in [0.717, 1.165) is 13.1 Å². The summed E-state index contributed by atoms with van der Waals surface area (Å²) in [5, 5.41) is 0. The van der Waals surface area contributed by atoms with Crippen LogP contribution in [0.4, 0.5) is 5.69 Å². The van der Waals surface area contributed by atoms with Gasteiger partial charge in [-0.25, -0.2) is 0 Å². The van der Waals surface area contributed by atoms with Gasteiger partial charge in [0.1, 0.15) is 0 Å². The normalized spacial score (nSPS) is 14.4. The third-order valence-corrected chi connectivity index (χ3v) is 4.30. The maximum Gasteiger partial charge on any atom is 0.0440 e. The molecule has 0 fully saturated rings. The second kappa shape index (κ2) is 5.15. The van der Waals surface area contributed by atoms with Crippen molar-refractivity contribution in [2.75, 3.05) is 11.4 Å². The average Bonchev–Trinajstić information content (AvgIpc) is 2.42. The summed E-state index contributed by atoms with van der Waals surface area (Å²) in [5.41, 5.74) is 4.24. The van der Waals surface area contributed by atoms with Crippen LogP contribution in [0.1, 0.15) is 17.5 Å². The van der Waals surface area contributed by atoms with Crippen molar-refractivity contribution < 1.29 is 0 Å². The molecule has 0 saturated carbocycles. The van der Waals surface area contributed by atoms with Crippen molar-refractivity contribution >= 4 is 21.6 Å². The number of benzene rings is 2. The van der Waals surface area contributed by atoms with Crippen molar-refractivity contribution in [3.05, 3.63) is 64.1 Å². The first-order valence-corrected chi connectivity index (χ1v) is 7.20. The molecule has 92 valence electrons. The molecule has 0 spiro atoms. The Balaban J connectivity index is 1.89. The smallest absolute Gasteiger partial charge is 0.0440 e. The molecule has 0 aromatic heterocycles. The number of rotatable bonds is 2. The number of nitrogens with zero attached hydrogens (tertiary/aromatic N) is 1. The third-order valence-electron chi connectivity index (χ3n) is 3.53. The maximum atomic E-state index is 3.64. The number of para-hydroxylation sites is 1. The Morgan fingerprint density at radius 2 is 1.78 bits per heavy atom. The van der Waals surface area contributed by atoms with E-state index in [4.69, 9.17) is 0 Å². The fraction of sp³-hybridized carbons (Fsp3) is 0.250. The molecule has 0 aliphatic carbocycles. The van der Waals surface area contributed by atoms with Gasteiger partial charge in [0.15, 0.2) is 0 Å². The highest BCUT2D eigenvalue weighted by molar-refractivity contribution is 9.10. The summed E-state index contributed by atoms with van der Waals surface area (Å²) in [6.45, 7) is 2.14. The van der Waals surface area contributed by atoms with Gasteiger partial charge in [-0.1, -0.05) is 52.3 Å². The molecule has 0 N–H and O–H groups in total. The molecule has 1 heterocycles. The van der Waals surface area contributed by atoms with E-state index in [1.54, 1.807) is 0 Å². The number of hydrogen-bond donors (Lipinski definition) is 0. The second-order valence-electron chi connectivity index (χ2n) is 4.75. The summed E-state index contributed by atoms with van der Waals surface area (Å²) >= 11 is 3.64. The Bertz CT molecular complexity index is 550. The molecule has 0 atom stereocenters. The summed E-state index contributed by atoms with van der Waals surface area (Å²) < 4.78 is 1.20. The summed E-state index contributed by atoms with van der Waals surface area (Å²) in [7, 11) is 0. The average molecular weight is 302 g/mol. The minimum Gasteiger partial charge on any atom is -0.367 e. The number of anilines is 1. The Kier molecular flexibility index (Phi) is 3.37. The van der Waals surface area contributed by atoms with Gasteiger partial charge in [0.2, 0.25) is 0 Å². The lowest BCUT2D eigenvalue weighted by atomic mass is 10.0. The number of aryl methyl sites for hydroxylation is 1. The van der Waals surface area contributed by atoms with Gasteiger partial charge in [0.25, 0.3) is 0 Å². The monoisotopic (exact) mass is 301 g/mol. The van der Waals surface area contributed by atoms with Gasteiger partial charge in [-0.3, -0.25) is 0 Å².